The van der Waals surface area contributed by atoms with Gasteiger partial charge in [0.1, 0.15) is 5.15 Å². The number of carbonyl (C=O) groups is 3. The highest BCUT2D eigenvalue weighted by atomic mass is 35.5. The van der Waals surface area contributed by atoms with E-state index in [4.69, 9.17) is 21.5 Å². The Bertz CT molecular complexity index is 1590. The monoisotopic (exact) mass is 630 g/mol. The number of aliphatic carboxylic acids is 1. The Labute approximate surface area is 244 Å². The van der Waals surface area contributed by atoms with Gasteiger partial charge in [-0.2, -0.15) is 13.2 Å². The molecule has 0 aromatic carbocycles. The van der Waals surface area contributed by atoms with E-state index in [1.54, 1.807) is 12.3 Å². The second-order valence-corrected chi connectivity index (χ2v) is 12.7. The van der Waals surface area contributed by atoms with Gasteiger partial charge in [-0.15, -0.1) is 11.3 Å². The lowest BCUT2D eigenvalue weighted by Crippen LogP contribution is -2.44. The van der Waals surface area contributed by atoms with E-state index in [9.17, 15) is 31.5 Å². The molecule has 3 aliphatic rings. The van der Waals surface area contributed by atoms with Gasteiger partial charge in [-0.3, -0.25) is 19.5 Å². The van der Waals surface area contributed by atoms with Crippen LogP contribution < -0.4 is 5.32 Å². The number of carboxylic acid groups (broad SMARTS) is 1. The number of fused-ring (bicyclic) bond motifs is 2. The largest absolute Gasteiger partial charge is 0.490 e. The van der Waals surface area contributed by atoms with Crippen LogP contribution in [0.2, 0.25) is 5.15 Å². The lowest BCUT2D eigenvalue weighted by Gasteiger charge is -2.36. The number of piperidine rings is 1. The van der Waals surface area contributed by atoms with E-state index < -0.39 is 18.1 Å². The molecular weight excluding hydrogens is 607 g/mol. The molecule has 1 saturated heterocycles. The molecule has 2 N–H and O–H groups in total. The number of aryl methyl sites for hydroxylation is 1. The van der Waals surface area contributed by atoms with Gasteiger partial charge < -0.3 is 10.4 Å². The van der Waals surface area contributed by atoms with Crippen molar-refractivity contribution < 1.29 is 41.4 Å². The number of hydrogen-bond donors (Lipinski definition) is 2. The molecule has 2 saturated carbocycles. The van der Waals surface area contributed by atoms with E-state index in [1.807, 2.05) is 32.9 Å². The number of halogens is 6. The van der Waals surface area contributed by atoms with Crippen LogP contribution in [-0.4, -0.2) is 55.9 Å². The first-order valence-electron chi connectivity index (χ1n) is 12.8. The molecule has 224 valence electrons. The van der Waals surface area contributed by atoms with Crippen molar-refractivity contribution in [3.8, 4) is 11.3 Å². The van der Waals surface area contributed by atoms with Gasteiger partial charge in [0.2, 0.25) is 11.8 Å². The summed E-state index contributed by atoms with van der Waals surface area (Å²) in [6, 6.07) is 5.07. The Morgan fingerprint density at radius 2 is 1.79 bits per heavy atom. The van der Waals surface area contributed by atoms with Gasteiger partial charge in [-0.05, 0) is 36.1 Å². The number of likely N-dealkylation sites (tertiary alicyclic amines) is 1. The first-order chi connectivity index (χ1) is 19.4. The minimum atomic E-state index is -5.08. The second kappa shape index (κ2) is 10.1. The molecule has 1 aliphatic heterocycles. The Kier molecular flexibility index (Phi) is 7.24. The summed E-state index contributed by atoms with van der Waals surface area (Å²) in [5.41, 5.74) is 3.30. The highest BCUT2D eigenvalue weighted by Gasteiger charge is 2.72. The minimum absolute atomic E-state index is 0.105. The predicted molar refractivity (Wildman–Crippen MR) is 144 cm³/mol. The summed E-state index contributed by atoms with van der Waals surface area (Å²) in [7, 11) is 0. The van der Waals surface area contributed by atoms with Crippen molar-refractivity contribution in [1.82, 2.24) is 14.9 Å². The van der Waals surface area contributed by atoms with Crippen LogP contribution in [0.15, 0.2) is 24.4 Å². The summed E-state index contributed by atoms with van der Waals surface area (Å²) in [6.45, 7) is 6.00. The molecule has 2 amide bonds. The fourth-order valence-corrected chi connectivity index (χ4v) is 6.91. The minimum Gasteiger partial charge on any atom is -0.475 e. The molecule has 0 bridgehead atoms. The Morgan fingerprint density at radius 3 is 2.33 bits per heavy atom. The number of carbonyl (C=O) groups excluding carboxylic acids is 2. The average molecular weight is 631 g/mol. The van der Waals surface area contributed by atoms with Crippen LogP contribution in [0.3, 0.4) is 0 Å². The number of rotatable bonds is 5. The van der Waals surface area contributed by atoms with Gasteiger partial charge in [0, 0.05) is 35.5 Å². The zero-order chi connectivity index (χ0) is 30.9. The third kappa shape index (κ3) is 5.41. The van der Waals surface area contributed by atoms with Gasteiger partial charge in [-0.1, -0.05) is 25.4 Å². The van der Waals surface area contributed by atoms with E-state index >= 15 is 0 Å². The molecule has 15 heteroatoms. The lowest BCUT2D eigenvalue weighted by atomic mass is 9.87. The molecule has 3 aromatic heterocycles. The number of hydrogen-bond acceptors (Lipinski definition) is 7. The van der Waals surface area contributed by atoms with Crippen molar-refractivity contribution in [2.75, 3.05) is 5.32 Å². The number of amides is 2. The van der Waals surface area contributed by atoms with Crippen LogP contribution in [0.1, 0.15) is 37.1 Å². The maximum absolute atomic E-state index is 13.4. The Balaban J connectivity index is 0.000000451. The highest BCUT2D eigenvalue weighted by Crippen LogP contribution is 2.63. The standard InChI is InChI=1S/C25H23ClF2N4O2S.C2HF3O2/c1-11-6-16(26)31-20(19(11)30-12-8-25(27,28)9-12)14-4-5-29-15-7-13(35-21(14)15)10-32-22(33)17-18(23(32)34)24(17,2)3;3-2(4,5)1(6)7/h4-7,12,17-18,30H,8-10H2,1-3H3;(H,6,7). The number of alkyl halides is 5. The van der Waals surface area contributed by atoms with Crippen LogP contribution in [0, 0.1) is 24.2 Å². The van der Waals surface area contributed by atoms with Gasteiger partial charge in [0.25, 0.3) is 5.92 Å². The average Bonchev–Trinajstić information content (AvgIpc) is 3.10. The number of thiophene rings is 1. The lowest BCUT2D eigenvalue weighted by molar-refractivity contribution is -0.192. The smallest absolute Gasteiger partial charge is 0.475 e. The van der Waals surface area contributed by atoms with E-state index in [-0.39, 0.29) is 54.5 Å². The summed E-state index contributed by atoms with van der Waals surface area (Å²) in [5.74, 6) is -6.04. The van der Waals surface area contributed by atoms with Gasteiger partial charge in [0.15, 0.2) is 0 Å². The molecule has 0 radical (unpaired) electrons. The Morgan fingerprint density at radius 1 is 1.19 bits per heavy atom. The molecular formula is C27H24ClF5N4O4S. The molecule has 2 atom stereocenters. The number of nitrogens with zero attached hydrogens (tertiary/aromatic N) is 3. The van der Waals surface area contributed by atoms with E-state index in [0.29, 0.717) is 22.1 Å². The van der Waals surface area contributed by atoms with Crippen molar-refractivity contribution in [3.05, 3.63) is 40.0 Å². The van der Waals surface area contributed by atoms with Crippen LogP contribution >= 0.6 is 22.9 Å². The van der Waals surface area contributed by atoms with Crippen molar-refractivity contribution in [2.45, 2.75) is 58.3 Å². The second-order valence-electron chi connectivity index (χ2n) is 11.2. The van der Waals surface area contributed by atoms with Crippen LogP contribution in [-0.2, 0) is 20.9 Å². The number of aromatic nitrogens is 2. The highest BCUT2D eigenvalue weighted by molar-refractivity contribution is 7.19. The zero-order valence-corrected chi connectivity index (χ0v) is 23.9. The molecule has 2 aliphatic carbocycles. The summed E-state index contributed by atoms with van der Waals surface area (Å²) >= 11 is 7.74. The molecule has 2 unspecified atom stereocenters. The van der Waals surface area contributed by atoms with Crippen LogP contribution in [0.4, 0.5) is 27.6 Å². The van der Waals surface area contributed by atoms with Gasteiger partial charge in [0.05, 0.1) is 40.0 Å². The Hall–Kier alpha value is -3.39. The topological polar surface area (TPSA) is 112 Å². The molecule has 4 heterocycles. The number of pyridine rings is 2. The van der Waals surface area contributed by atoms with Crippen LogP contribution in [0.25, 0.3) is 21.5 Å². The first kappa shape index (κ1) is 30.1. The summed E-state index contributed by atoms with van der Waals surface area (Å²) < 4.78 is 59.5. The number of imide groups is 1. The van der Waals surface area contributed by atoms with E-state index in [1.165, 1.54) is 16.2 Å². The summed E-state index contributed by atoms with van der Waals surface area (Å²) in [5, 5.41) is 10.7. The van der Waals surface area contributed by atoms with Gasteiger partial charge in [-0.25, -0.2) is 18.6 Å². The third-order valence-electron chi connectivity index (χ3n) is 7.79. The van der Waals surface area contributed by atoms with Gasteiger partial charge >= 0.3 is 12.1 Å². The summed E-state index contributed by atoms with van der Waals surface area (Å²) in [4.78, 5) is 45.7. The number of carboxylic acids is 1. The number of anilines is 1. The fourth-order valence-electron chi connectivity index (χ4n) is 5.54. The molecule has 3 aromatic rings. The van der Waals surface area contributed by atoms with Crippen molar-refractivity contribution in [2.24, 2.45) is 17.3 Å². The third-order valence-corrected chi connectivity index (χ3v) is 9.13. The SMILES string of the molecule is Cc1cc(Cl)nc(-c2ccnc3cc(CN4C(=O)C5C(C4=O)C5(C)C)sc23)c1NC1CC(F)(F)C1.O=C(O)C(F)(F)F. The van der Waals surface area contributed by atoms with Crippen molar-refractivity contribution >= 4 is 56.6 Å². The predicted octanol–water partition coefficient (Wildman–Crippen LogP) is 6.30. The molecule has 42 heavy (non-hydrogen) atoms. The van der Waals surface area contributed by atoms with Crippen molar-refractivity contribution in [1.29, 1.82) is 0 Å². The van der Waals surface area contributed by atoms with Crippen molar-refractivity contribution in [3.63, 3.8) is 0 Å². The van der Waals surface area contributed by atoms with E-state index in [0.717, 1.165) is 20.7 Å². The summed E-state index contributed by atoms with van der Waals surface area (Å²) in [6.07, 6.45) is -3.86. The molecule has 0 spiro atoms. The zero-order valence-electron chi connectivity index (χ0n) is 22.4. The van der Waals surface area contributed by atoms with E-state index in [2.05, 4.69) is 15.3 Å². The first-order valence-corrected chi connectivity index (χ1v) is 13.9. The fraction of sp³-hybridized carbons (Fsp3) is 0.444. The molecule has 3 fully saturated rings. The maximum Gasteiger partial charge on any atom is 0.490 e. The van der Waals surface area contributed by atoms with Crippen LogP contribution in [0.5, 0.6) is 0 Å². The number of nitrogens with one attached hydrogen (secondary N) is 1. The normalized spacial score (nSPS) is 22.4. The maximum atomic E-state index is 13.4. The molecule has 6 rings (SSSR count). The quantitative estimate of drug-likeness (QED) is 0.193. The molecule has 8 nitrogen and oxygen atoms in total.